The molecule has 3 N–H and O–H groups in total. The number of aliphatic carboxylic acids is 1. The highest BCUT2D eigenvalue weighted by molar-refractivity contribution is 5.98. The van der Waals surface area contributed by atoms with Crippen molar-refractivity contribution >= 4 is 11.9 Å². The van der Waals surface area contributed by atoms with Crippen molar-refractivity contribution < 1.29 is 19.8 Å². The van der Waals surface area contributed by atoms with Crippen molar-refractivity contribution in [1.82, 2.24) is 10.2 Å². The van der Waals surface area contributed by atoms with Gasteiger partial charge in [0.05, 0.1) is 0 Å². The summed E-state index contributed by atoms with van der Waals surface area (Å²) in [4.78, 5) is 24.9. The Kier molecular flexibility index (Phi) is 3.71. The van der Waals surface area contributed by atoms with E-state index >= 15 is 0 Å². The molecule has 1 heterocycles. The van der Waals surface area contributed by atoms with Gasteiger partial charge in [-0.2, -0.15) is 0 Å². The minimum atomic E-state index is -1.02. The average molecular weight is 264 g/mol. The summed E-state index contributed by atoms with van der Waals surface area (Å²) in [7, 11) is 0. The van der Waals surface area contributed by atoms with E-state index in [-0.39, 0.29) is 18.2 Å². The molecule has 1 amide bonds. The molecule has 102 valence electrons. The van der Waals surface area contributed by atoms with Crippen molar-refractivity contribution in [3.8, 4) is 5.75 Å². The highest BCUT2D eigenvalue weighted by atomic mass is 16.4. The van der Waals surface area contributed by atoms with Crippen LogP contribution in [0.4, 0.5) is 0 Å². The molecule has 0 saturated carbocycles. The Balaban J connectivity index is 2.28. The fraction of sp³-hybridized carbons (Fsp3) is 0.385. The normalized spacial score (nSPS) is 19.2. The average Bonchev–Trinajstić information content (AvgIpc) is 2.38. The highest BCUT2D eigenvalue weighted by Gasteiger charge is 2.32. The maximum absolute atomic E-state index is 12.4. The Bertz CT molecular complexity index is 515. The maximum atomic E-state index is 12.4. The van der Waals surface area contributed by atoms with Crippen LogP contribution in [0.15, 0.2) is 18.2 Å². The number of phenols is 1. The molecule has 1 unspecified atom stereocenters. The van der Waals surface area contributed by atoms with Gasteiger partial charge in [0.2, 0.25) is 0 Å². The first-order chi connectivity index (χ1) is 9.00. The molecule has 1 saturated heterocycles. The lowest BCUT2D eigenvalue weighted by atomic mass is 10.1. The van der Waals surface area contributed by atoms with E-state index in [2.05, 4.69) is 5.32 Å². The van der Waals surface area contributed by atoms with Crippen LogP contribution in [0.3, 0.4) is 0 Å². The van der Waals surface area contributed by atoms with Gasteiger partial charge in [-0.3, -0.25) is 4.79 Å². The van der Waals surface area contributed by atoms with E-state index in [4.69, 9.17) is 5.11 Å². The fourth-order valence-electron chi connectivity index (χ4n) is 2.21. The fourth-order valence-corrected chi connectivity index (χ4v) is 2.21. The number of amides is 1. The Morgan fingerprint density at radius 2 is 2.16 bits per heavy atom. The van der Waals surface area contributed by atoms with E-state index in [1.165, 1.54) is 23.1 Å². The third-order valence-corrected chi connectivity index (χ3v) is 3.23. The summed E-state index contributed by atoms with van der Waals surface area (Å²) < 4.78 is 0. The van der Waals surface area contributed by atoms with Crippen LogP contribution in [0.25, 0.3) is 0 Å². The van der Waals surface area contributed by atoms with Gasteiger partial charge in [-0.15, -0.1) is 0 Å². The van der Waals surface area contributed by atoms with Gasteiger partial charge in [0.15, 0.2) is 0 Å². The SMILES string of the molecule is Cc1cc(O)ccc1C(=O)N1CCNCC1C(=O)O. The molecule has 0 aliphatic carbocycles. The number of aryl methyl sites for hydroxylation is 1. The minimum Gasteiger partial charge on any atom is -0.508 e. The summed E-state index contributed by atoms with van der Waals surface area (Å²) in [5.41, 5.74) is 1.05. The molecule has 1 aliphatic rings. The number of aromatic hydroxyl groups is 1. The molecule has 19 heavy (non-hydrogen) atoms. The zero-order chi connectivity index (χ0) is 14.0. The predicted octanol–water partition coefficient (Wildman–Crippen LogP) is 0.199. The Morgan fingerprint density at radius 3 is 2.79 bits per heavy atom. The zero-order valence-corrected chi connectivity index (χ0v) is 10.6. The number of nitrogens with zero attached hydrogens (tertiary/aromatic N) is 1. The summed E-state index contributed by atoms with van der Waals surface area (Å²) in [5.74, 6) is -1.24. The molecule has 1 aliphatic heterocycles. The van der Waals surface area contributed by atoms with Crippen LogP contribution in [0, 0.1) is 6.92 Å². The molecule has 1 fully saturated rings. The van der Waals surface area contributed by atoms with Gasteiger partial charge in [-0.1, -0.05) is 0 Å². The number of carbonyl (C=O) groups excluding carboxylic acids is 1. The molecule has 0 bridgehead atoms. The second-order valence-corrected chi connectivity index (χ2v) is 4.56. The first-order valence-electron chi connectivity index (χ1n) is 6.05. The van der Waals surface area contributed by atoms with Crippen molar-refractivity contribution in [2.75, 3.05) is 19.6 Å². The lowest BCUT2D eigenvalue weighted by molar-refractivity contribution is -0.142. The Morgan fingerprint density at radius 1 is 1.42 bits per heavy atom. The zero-order valence-electron chi connectivity index (χ0n) is 10.6. The maximum Gasteiger partial charge on any atom is 0.327 e. The van der Waals surface area contributed by atoms with Crippen molar-refractivity contribution in [3.05, 3.63) is 29.3 Å². The quantitative estimate of drug-likeness (QED) is 0.710. The smallest absolute Gasteiger partial charge is 0.327 e. The number of carboxylic acid groups (broad SMARTS) is 1. The van der Waals surface area contributed by atoms with E-state index < -0.39 is 12.0 Å². The third-order valence-electron chi connectivity index (χ3n) is 3.23. The van der Waals surface area contributed by atoms with Crippen molar-refractivity contribution in [2.45, 2.75) is 13.0 Å². The van der Waals surface area contributed by atoms with Crippen LogP contribution >= 0.6 is 0 Å². The molecule has 0 radical (unpaired) electrons. The largest absolute Gasteiger partial charge is 0.508 e. The molecule has 2 rings (SSSR count). The van der Waals surface area contributed by atoms with Crippen LogP contribution < -0.4 is 5.32 Å². The van der Waals surface area contributed by atoms with Gasteiger partial charge in [0, 0.05) is 25.2 Å². The van der Waals surface area contributed by atoms with E-state index in [1.807, 2.05) is 0 Å². The Hall–Kier alpha value is -2.08. The second kappa shape index (κ2) is 5.27. The molecular formula is C13H16N2O4. The van der Waals surface area contributed by atoms with E-state index in [0.717, 1.165) is 0 Å². The van der Waals surface area contributed by atoms with Crippen molar-refractivity contribution in [3.63, 3.8) is 0 Å². The number of piperazine rings is 1. The summed E-state index contributed by atoms with van der Waals surface area (Å²) in [6.45, 7) is 2.89. The summed E-state index contributed by atoms with van der Waals surface area (Å²) >= 11 is 0. The molecule has 1 atom stereocenters. The number of carboxylic acids is 1. The van der Waals surface area contributed by atoms with Gasteiger partial charge in [0.1, 0.15) is 11.8 Å². The molecule has 0 spiro atoms. The summed E-state index contributed by atoms with van der Waals surface area (Å²) in [6.07, 6.45) is 0. The number of nitrogens with one attached hydrogen (secondary N) is 1. The van der Waals surface area contributed by atoms with E-state index in [1.54, 1.807) is 6.92 Å². The number of hydrogen-bond donors (Lipinski definition) is 3. The van der Waals surface area contributed by atoms with E-state index in [9.17, 15) is 14.7 Å². The molecule has 6 nitrogen and oxygen atoms in total. The second-order valence-electron chi connectivity index (χ2n) is 4.56. The first kappa shape index (κ1) is 13.4. The van der Waals surface area contributed by atoms with Gasteiger partial charge in [-0.25, -0.2) is 4.79 Å². The number of carbonyl (C=O) groups is 2. The van der Waals surface area contributed by atoms with Gasteiger partial charge in [0.25, 0.3) is 5.91 Å². The topological polar surface area (TPSA) is 89.9 Å². The molecule has 0 aromatic heterocycles. The lowest BCUT2D eigenvalue weighted by Gasteiger charge is -2.33. The standard InChI is InChI=1S/C13H16N2O4/c1-8-6-9(16)2-3-10(8)12(17)15-5-4-14-7-11(15)13(18)19/h2-3,6,11,14,16H,4-5,7H2,1H3,(H,18,19). The highest BCUT2D eigenvalue weighted by Crippen LogP contribution is 2.19. The molecule has 6 heteroatoms. The van der Waals surface area contributed by atoms with Gasteiger partial charge >= 0.3 is 5.97 Å². The van der Waals surface area contributed by atoms with Crippen LogP contribution in [-0.4, -0.2) is 52.7 Å². The minimum absolute atomic E-state index is 0.0872. The number of hydrogen-bond acceptors (Lipinski definition) is 4. The van der Waals surface area contributed by atoms with Gasteiger partial charge < -0.3 is 20.4 Å². The molecule has 1 aromatic rings. The third kappa shape index (κ3) is 2.68. The van der Waals surface area contributed by atoms with Gasteiger partial charge in [-0.05, 0) is 30.7 Å². The summed E-state index contributed by atoms with van der Waals surface area (Å²) in [6, 6.07) is 3.59. The molecular weight excluding hydrogens is 248 g/mol. The van der Waals surface area contributed by atoms with Crippen LogP contribution in [-0.2, 0) is 4.79 Å². The van der Waals surface area contributed by atoms with Crippen LogP contribution in [0.5, 0.6) is 5.75 Å². The number of rotatable bonds is 2. The van der Waals surface area contributed by atoms with Crippen molar-refractivity contribution in [2.24, 2.45) is 0 Å². The summed E-state index contributed by atoms with van der Waals surface area (Å²) in [5, 5.41) is 21.4. The first-order valence-corrected chi connectivity index (χ1v) is 6.05. The monoisotopic (exact) mass is 264 g/mol. The van der Waals surface area contributed by atoms with Crippen LogP contribution in [0.2, 0.25) is 0 Å². The molecule has 1 aromatic carbocycles. The Labute approximate surface area is 110 Å². The van der Waals surface area contributed by atoms with E-state index in [0.29, 0.717) is 24.2 Å². The number of benzene rings is 1. The van der Waals surface area contributed by atoms with Crippen LogP contribution in [0.1, 0.15) is 15.9 Å². The number of phenolic OH excluding ortho intramolecular Hbond substituents is 1. The lowest BCUT2D eigenvalue weighted by Crippen LogP contribution is -2.57. The predicted molar refractivity (Wildman–Crippen MR) is 68.2 cm³/mol. The van der Waals surface area contributed by atoms with Crippen molar-refractivity contribution in [1.29, 1.82) is 0 Å².